The van der Waals surface area contributed by atoms with E-state index in [0.717, 1.165) is 35.0 Å². The maximum atomic E-state index is 13.4. The molecule has 0 spiro atoms. The van der Waals surface area contributed by atoms with Crippen LogP contribution in [-0.2, 0) is 33.7 Å². The number of carbonyl (C=O) groups excluding carboxylic acids is 2. The molecule has 0 unspecified atom stereocenters. The number of hydrogen-bond acceptors (Lipinski definition) is 4. The molecule has 2 fully saturated rings. The lowest BCUT2D eigenvalue weighted by atomic mass is 9.75. The molecule has 1 heterocycles. The number of nitrogens with one attached hydrogen (secondary N) is 1. The first kappa shape index (κ1) is 27.2. The number of hydrogen-bond donors (Lipinski definition) is 1. The van der Waals surface area contributed by atoms with Crippen molar-refractivity contribution in [1.82, 2.24) is 10.2 Å². The monoisotopic (exact) mass is 524 g/mol. The van der Waals surface area contributed by atoms with Crippen molar-refractivity contribution in [3.63, 3.8) is 0 Å². The summed E-state index contributed by atoms with van der Waals surface area (Å²) in [5.74, 6) is 0.0627. The van der Waals surface area contributed by atoms with Gasteiger partial charge in [-0.1, -0.05) is 66.7 Å². The molecule has 0 aromatic heterocycles. The lowest BCUT2D eigenvalue weighted by Crippen LogP contribution is -2.41. The molecule has 1 aliphatic heterocycles. The highest BCUT2D eigenvalue weighted by Crippen LogP contribution is 2.37. The number of amides is 2. The van der Waals surface area contributed by atoms with Crippen molar-refractivity contribution in [3.8, 4) is 0 Å². The van der Waals surface area contributed by atoms with Gasteiger partial charge in [-0.05, 0) is 74.8 Å². The topological polar surface area (TPSA) is 67.9 Å². The molecule has 2 aliphatic rings. The van der Waals surface area contributed by atoms with E-state index in [2.05, 4.69) is 5.32 Å². The summed E-state index contributed by atoms with van der Waals surface area (Å²) in [4.78, 5) is 28.5. The molecule has 1 aliphatic carbocycles. The van der Waals surface area contributed by atoms with Gasteiger partial charge in [0.15, 0.2) is 0 Å². The Bertz CT molecular complexity index is 1310. The summed E-state index contributed by atoms with van der Waals surface area (Å²) < 4.78 is 12.8. The first-order chi connectivity index (χ1) is 18.6. The van der Waals surface area contributed by atoms with Crippen LogP contribution in [0.5, 0.6) is 0 Å². The van der Waals surface area contributed by atoms with Crippen LogP contribution in [-0.4, -0.2) is 35.0 Å². The van der Waals surface area contributed by atoms with Crippen molar-refractivity contribution >= 4 is 24.4 Å². The van der Waals surface area contributed by atoms with Gasteiger partial charge >= 0.3 is 7.12 Å². The fourth-order valence-corrected chi connectivity index (χ4v) is 4.77. The molecule has 1 N–H and O–H groups in total. The molecule has 7 heteroatoms. The minimum absolute atomic E-state index is 0.0753. The smallest absolute Gasteiger partial charge is 0.399 e. The minimum Gasteiger partial charge on any atom is -0.399 e. The number of rotatable bonds is 9. The summed E-state index contributed by atoms with van der Waals surface area (Å²) in [5.41, 5.74) is 3.33. The summed E-state index contributed by atoms with van der Waals surface area (Å²) in [7, 11) is -0.596. The molecule has 6 nitrogen and oxygen atoms in total. The molecule has 3 aromatic rings. The predicted octanol–water partition coefficient (Wildman–Crippen LogP) is 4.85. The molecule has 1 saturated carbocycles. The van der Waals surface area contributed by atoms with Gasteiger partial charge in [0, 0.05) is 31.1 Å². The van der Waals surface area contributed by atoms with Crippen LogP contribution in [0.2, 0.25) is 0 Å². The normalized spacial score (nSPS) is 17.6. The van der Waals surface area contributed by atoms with Gasteiger partial charge in [-0.2, -0.15) is 0 Å². The van der Waals surface area contributed by atoms with E-state index in [1.165, 1.54) is 0 Å². The molecule has 3 aromatic carbocycles. The third-order valence-electron chi connectivity index (χ3n) is 8.02. The largest absolute Gasteiger partial charge is 0.495 e. The second kappa shape index (κ2) is 11.0. The Labute approximate surface area is 231 Å². The van der Waals surface area contributed by atoms with Crippen LogP contribution >= 0.6 is 0 Å². The molecule has 0 bridgehead atoms. The third kappa shape index (κ3) is 6.26. The average Bonchev–Trinajstić information content (AvgIpc) is 3.74. The minimum atomic E-state index is -0.596. The molecule has 2 amide bonds. The number of benzene rings is 3. The summed E-state index contributed by atoms with van der Waals surface area (Å²) >= 11 is 0. The molecule has 1 saturated heterocycles. The fourth-order valence-electron chi connectivity index (χ4n) is 4.77. The first-order valence-corrected chi connectivity index (χ1v) is 13.8. The van der Waals surface area contributed by atoms with Crippen molar-refractivity contribution in [1.29, 1.82) is 0 Å². The summed E-state index contributed by atoms with van der Waals surface area (Å²) in [6, 6.07) is 25.5. The zero-order valence-electron chi connectivity index (χ0n) is 23.3. The van der Waals surface area contributed by atoms with E-state index >= 15 is 0 Å². The number of carbonyl (C=O) groups is 2. The highest BCUT2D eigenvalue weighted by Gasteiger charge is 2.52. The molecular formula is C32H37BN2O4. The van der Waals surface area contributed by atoms with E-state index < -0.39 is 18.3 Å². The van der Waals surface area contributed by atoms with Crippen LogP contribution in [0.15, 0.2) is 78.9 Å². The molecule has 39 heavy (non-hydrogen) atoms. The number of nitrogens with zero attached hydrogens (tertiary/aromatic N) is 1. The predicted molar refractivity (Wildman–Crippen MR) is 153 cm³/mol. The average molecular weight is 524 g/mol. The molecule has 0 atom stereocenters. The lowest BCUT2D eigenvalue weighted by Gasteiger charge is -2.32. The van der Waals surface area contributed by atoms with Crippen LogP contribution < -0.4 is 10.8 Å². The van der Waals surface area contributed by atoms with Gasteiger partial charge in [0.05, 0.1) is 11.2 Å². The Hall–Kier alpha value is -3.42. The standard InChI is InChI=1S/C32H37BN2O4/c1-31(2)32(3,4)39-33(38-31)28-18-17-26(29(36)34-20-23-11-7-5-8-12-23)19-27(28)22-35(30(37)25-15-16-25)21-24-13-9-6-10-14-24/h5-14,17-19,25H,15-16,20-22H2,1-4H3,(H,34,36). The summed E-state index contributed by atoms with van der Waals surface area (Å²) in [6.45, 7) is 9.40. The van der Waals surface area contributed by atoms with Crippen LogP contribution in [0.25, 0.3) is 0 Å². The second-order valence-corrected chi connectivity index (χ2v) is 11.6. The summed E-state index contributed by atoms with van der Waals surface area (Å²) in [6.07, 6.45) is 1.85. The van der Waals surface area contributed by atoms with Gasteiger partial charge in [0.2, 0.25) is 5.91 Å². The molecule has 5 rings (SSSR count). The summed E-state index contributed by atoms with van der Waals surface area (Å²) in [5, 5.41) is 3.02. The molecular weight excluding hydrogens is 487 g/mol. The van der Waals surface area contributed by atoms with Crippen LogP contribution in [0.3, 0.4) is 0 Å². The van der Waals surface area contributed by atoms with Gasteiger partial charge in [0.25, 0.3) is 5.91 Å². The Balaban J connectivity index is 1.45. The maximum Gasteiger partial charge on any atom is 0.495 e. The lowest BCUT2D eigenvalue weighted by molar-refractivity contribution is -0.133. The highest BCUT2D eigenvalue weighted by atomic mass is 16.7. The molecule has 202 valence electrons. The van der Waals surface area contributed by atoms with E-state index in [1.54, 1.807) is 0 Å². The van der Waals surface area contributed by atoms with Crippen molar-refractivity contribution < 1.29 is 18.9 Å². The zero-order valence-corrected chi connectivity index (χ0v) is 23.3. The van der Waals surface area contributed by atoms with E-state index in [-0.39, 0.29) is 17.7 Å². The Morgan fingerprint density at radius 3 is 2.03 bits per heavy atom. The van der Waals surface area contributed by atoms with Gasteiger partial charge in [-0.15, -0.1) is 0 Å². The second-order valence-electron chi connectivity index (χ2n) is 11.6. The van der Waals surface area contributed by atoms with Crippen molar-refractivity contribution in [2.45, 2.75) is 71.4 Å². The van der Waals surface area contributed by atoms with Gasteiger partial charge < -0.3 is 19.5 Å². The van der Waals surface area contributed by atoms with Crippen LogP contribution in [0.1, 0.15) is 67.6 Å². The third-order valence-corrected chi connectivity index (χ3v) is 8.02. The van der Waals surface area contributed by atoms with Crippen LogP contribution in [0, 0.1) is 5.92 Å². The zero-order chi connectivity index (χ0) is 27.6. The van der Waals surface area contributed by atoms with E-state index in [1.807, 2.05) is 111 Å². The van der Waals surface area contributed by atoms with E-state index in [0.29, 0.717) is 25.2 Å². The van der Waals surface area contributed by atoms with Gasteiger partial charge in [-0.3, -0.25) is 9.59 Å². The van der Waals surface area contributed by atoms with E-state index in [4.69, 9.17) is 9.31 Å². The quantitative estimate of drug-likeness (QED) is 0.407. The fraction of sp³-hybridized carbons (Fsp3) is 0.375. The van der Waals surface area contributed by atoms with Gasteiger partial charge in [-0.25, -0.2) is 0 Å². The van der Waals surface area contributed by atoms with Crippen molar-refractivity contribution in [3.05, 3.63) is 101 Å². The SMILES string of the molecule is CC1(C)OB(c2ccc(C(=O)NCc3ccccc3)cc2CN(Cc2ccccc2)C(=O)C2CC2)OC1(C)C. The Kier molecular flexibility index (Phi) is 7.65. The van der Waals surface area contributed by atoms with Crippen molar-refractivity contribution in [2.24, 2.45) is 5.92 Å². The van der Waals surface area contributed by atoms with E-state index in [9.17, 15) is 9.59 Å². The van der Waals surface area contributed by atoms with Crippen LogP contribution in [0.4, 0.5) is 0 Å². The first-order valence-electron chi connectivity index (χ1n) is 13.8. The van der Waals surface area contributed by atoms with Crippen molar-refractivity contribution in [2.75, 3.05) is 0 Å². The Morgan fingerprint density at radius 1 is 0.846 bits per heavy atom. The van der Waals surface area contributed by atoms with Gasteiger partial charge in [0.1, 0.15) is 0 Å². The highest BCUT2D eigenvalue weighted by molar-refractivity contribution is 6.62. The Morgan fingerprint density at radius 2 is 1.44 bits per heavy atom. The maximum absolute atomic E-state index is 13.4. The molecule has 0 radical (unpaired) electrons.